The highest BCUT2D eigenvalue weighted by Crippen LogP contribution is 2.28. The van der Waals surface area contributed by atoms with E-state index in [1.165, 1.54) is 0 Å². The molecule has 11 nitrogen and oxygen atoms in total. The van der Waals surface area contributed by atoms with E-state index in [1.807, 2.05) is 11.9 Å². The predicted octanol–water partition coefficient (Wildman–Crippen LogP) is -2.53. The summed E-state index contributed by atoms with van der Waals surface area (Å²) in [5, 5.41) is 23.6. The molecule has 1 aliphatic heterocycles. The molecule has 2 rings (SSSR count). The summed E-state index contributed by atoms with van der Waals surface area (Å²) in [7, 11) is 0. The minimum absolute atomic E-state index is 0.0795. The molecule has 11 heteroatoms. The zero-order valence-electron chi connectivity index (χ0n) is 13.9. The van der Waals surface area contributed by atoms with E-state index in [0.717, 1.165) is 6.20 Å². The number of aromatic amines is 1. The van der Waals surface area contributed by atoms with Crippen LogP contribution in [-0.4, -0.2) is 61.9 Å². The number of nitrogens with zero attached hydrogens (tertiary/aromatic N) is 2. The molecule has 6 atom stereocenters. The number of hydrogen-bond donors (Lipinski definition) is 4. The van der Waals surface area contributed by atoms with Crippen LogP contribution in [0.1, 0.15) is 26.5 Å². The number of hydrogen-bond acceptors (Lipinski definition) is 9. The fourth-order valence-corrected chi connectivity index (χ4v) is 2.36. The molecule has 0 bridgehead atoms. The van der Waals surface area contributed by atoms with E-state index in [0.29, 0.717) is 11.1 Å². The third-order valence-electron chi connectivity index (χ3n) is 4.23. The average Bonchev–Trinajstić information content (AvgIpc) is 2.86. The molecule has 5 N–H and O–H groups in total. The molecule has 0 amide bonds. The van der Waals surface area contributed by atoms with Crippen molar-refractivity contribution in [2.75, 3.05) is 6.61 Å². The zero-order chi connectivity index (χ0) is 18.7. The lowest BCUT2D eigenvalue weighted by Crippen LogP contribution is -2.41. The standard InChI is InChI=1S/C14H22N4O7/c1-3-6(2)9(15)13(22)24-5-7-10(20)11(21)12(25-7)18-14(23)17-8(19)4-16-18/h4,6-7,9-12,20-21H,3,5,15H2,1-2H3,(H,17,19,23)/t6-,7+,9+,10-,11-,12+/m0/s1. The molecular weight excluding hydrogens is 336 g/mol. The van der Waals surface area contributed by atoms with Crippen LogP contribution in [0.2, 0.25) is 0 Å². The summed E-state index contributed by atoms with van der Waals surface area (Å²) in [5.74, 6) is -0.730. The summed E-state index contributed by atoms with van der Waals surface area (Å²) in [6.45, 7) is 3.34. The summed E-state index contributed by atoms with van der Waals surface area (Å²) in [6.07, 6.45) is -3.79. The van der Waals surface area contributed by atoms with Crippen LogP contribution in [-0.2, 0) is 14.3 Å². The number of aromatic nitrogens is 3. The molecule has 1 aromatic heterocycles. The minimum atomic E-state index is -1.50. The van der Waals surface area contributed by atoms with Gasteiger partial charge in [0.25, 0.3) is 5.56 Å². The fraction of sp³-hybridized carbons (Fsp3) is 0.714. The Balaban J connectivity index is 2.03. The average molecular weight is 358 g/mol. The van der Waals surface area contributed by atoms with Gasteiger partial charge in [0.2, 0.25) is 0 Å². The monoisotopic (exact) mass is 358 g/mol. The van der Waals surface area contributed by atoms with Gasteiger partial charge < -0.3 is 25.4 Å². The van der Waals surface area contributed by atoms with Gasteiger partial charge in [-0.15, -0.1) is 0 Å². The second-order valence-corrected chi connectivity index (χ2v) is 5.97. The Labute approximate surface area is 142 Å². The molecule has 0 aromatic carbocycles. The third kappa shape index (κ3) is 4.12. The van der Waals surface area contributed by atoms with E-state index in [1.54, 1.807) is 6.92 Å². The summed E-state index contributed by atoms with van der Waals surface area (Å²) in [5.41, 5.74) is 4.14. The summed E-state index contributed by atoms with van der Waals surface area (Å²) in [4.78, 5) is 36.6. The largest absolute Gasteiger partial charge is 0.462 e. The SMILES string of the molecule is CC[C@H](C)[C@@H](N)C(=O)OC[C@H]1O[C@@H](n2ncc(=O)[nH]c2=O)[C@@H](O)[C@H]1O. The highest BCUT2D eigenvalue weighted by molar-refractivity contribution is 5.75. The number of ether oxygens (including phenoxy) is 2. The second kappa shape index (κ2) is 7.87. The Morgan fingerprint density at radius 1 is 1.48 bits per heavy atom. The van der Waals surface area contributed by atoms with Gasteiger partial charge in [0.1, 0.15) is 37.2 Å². The Kier molecular flexibility index (Phi) is 6.06. The van der Waals surface area contributed by atoms with Crippen molar-refractivity contribution in [2.24, 2.45) is 11.7 Å². The topological polar surface area (TPSA) is 170 Å². The molecule has 140 valence electrons. The smallest absolute Gasteiger partial charge is 0.347 e. The van der Waals surface area contributed by atoms with Crippen molar-refractivity contribution in [2.45, 2.75) is 50.8 Å². The van der Waals surface area contributed by atoms with Gasteiger partial charge in [-0.2, -0.15) is 9.78 Å². The van der Waals surface area contributed by atoms with Crippen molar-refractivity contribution in [3.8, 4) is 0 Å². The van der Waals surface area contributed by atoms with Gasteiger partial charge in [-0.3, -0.25) is 14.6 Å². The number of aliphatic hydroxyl groups excluding tert-OH is 2. The number of carbonyl (C=O) groups excluding carboxylic acids is 1. The number of nitrogens with one attached hydrogen (secondary N) is 1. The van der Waals surface area contributed by atoms with Crippen LogP contribution < -0.4 is 17.0 Å². The molecule has 1 aromatic rings. The van der Waals surface area contributed by atoms with Gasteiger partial charge in [-0.25, -0.2) is 4.79 Å². The van der Waals surface area contributed by atoms with Crippen molar-refractivity contribution in [1.82, 2.24) is 14.8 Å². The first kappa shape index (κ1) is 19.2. The molecule has 0 aliphatic carbocycles. The van der Waals surface area contributed by atoms with Crippen LogP contribution in [0.25, 0.3) is 0 Å². The number of esters is 1. The van der Waals surface area contributed by atoms with Crippen molar-refractivity contribution >= 4 is 5.97 Å². The molecule has 2 heterocycles. The maximum atomic E-state index is 11.9. The van der Waals surface area contributed by atoms with Gasteiger partial charge in [0.05, 0.1) is 0 Å². The molecule has 1 fully saturated rings. The summed E-state index contributed by atoms with van der Waals surface area (Å²) < 4.78 is 11.1. The third-order valence-corrected chi connectivity index (χ3v) is 4.23. The Bertz CT molecular complexity index is 718. The molecule has 0 radical (unpaired) electrons. The summed E-state index contributed by atoms with van der Waals surface area (Å²) >= 11 is 0. The highest BCUT2D eigenvalue weighted by atomic mass is 16.6. The van der Waals surface area contributed by atoms with Crippen LogP contribution >= 0.6 is 0 Å². The van der Waals surface area contributed by atoms with Crippen LogP contribution in [0, 0.1) is 5.92 Å². The molecule has 25 heavy (non-hydrogen) atoms. The van der Waals surface area contributed by atoms with E-state index in [9.17, 15) is 24.6 Å². The first-order valence-corrected chi connectivity index (χ1v) is 7.88. The number of rotatable bonds is 6. The van der Waals surface area contributed by atoms with Crippen LogP contribution in [0.5, 0.6) is 0 Å². The predicted molar refractivity (Wildman–Crippen MR) is 83.4 cm³/mol. The van der Waals surface area contributed by atoms with Crippen LogP contribution in [0.3, 0.4) is 0 Å². The van der Waals surface area contributed by atoms with Gasteiger partial charge in [0.15, 0.2) is 6.23 Å². The van der Waals surface area contributed by atoms with Crippen LogP contribution in [0.15, 0.2) is 15.8 Å². The molecule has 0 unspecified atom stereocenters. The molecule has 1 aliphatic rings. The Morgan fingerprint density at radius 3 is 2.76 bits per heavy atom. The first-order chi connectivity index (χ1) is 11.8. The van der Waals surface area contributed by atoms with Crippen molar-refractivity contribution < 1.29 is 24.5 Å². The van der Waals surface area contributed by atoms with E-state index >= 15 is 0 Å². The first-order valence-electron chi connectivity index (χ1n) is 7.88. The van der Waals surface area contributed by atoms with Crippen molar-refractivity contribution in [3.05, 3.63) is 27.0 Å². The quantitative estimate of drug-likeness (QED) is 0.400. The zero-order valence-corrected chi connectivity index (χ0v) is 13.9. The Morgan fingerprint density at radius 2 is 2.16 bits per heavy atom. The van der Waals surface area contributed by atoms with Crippen LogP contribution in [0.4, 0.5) is 0 Å². The van der Waals surface area contributed by atoms with Crippen molar-refractivity contribution in [1.29, 1.82) is 0 Å². The molecular formula is C14H22N4O7. The lowest BCUT2D eigenvalue weighted by atomic mass is 10.0. The van der Waals surface area contributed by atoms with Gasteiger partial charge in [0, 0.05) is 0 Å². The maximum absolute atomic E-state index is 11.9. The second-order valence-electron chi connectivity index (χ2n) is 5.97. The lowest BCUT2D eigenvalue weighted by Gasteiger charge is -2.19. The van der Waals surface area contributed by atoms with E-state index < -0.39 is 47.8 Å². The number of nitrogens with two attached hydrogens (primary N) is 1. The molecule has 1 saturated heterocycles. The van der Waals surface area contributed by atoms with Gasteiger partial charge >= 0.3 is 11.7 Å². The maximum Gasteiger partial charge on any atom is 0.347 e. The normalized spacial score (nSPS) is 28.5. The van der Waals surface area contributed by atoms with E-state index in [-0.39, 0.29) is 12.5 Å². The number of aliphatic hydroxyl groups is 2. The highest BCUT2D eigenvalue weighted by Gasteiger charge is 2.45. The van der Waals surface area contributed by atoms with E-state index in [2.05, 4.69) is 5.10 Å². The Hall–Kier alpha value is -2.08. The molecule has 0 spiro atoms. The fourth-order valence-electron chi connectivity index (χ4n) is 2.36. The van der Waals surface area contributed by atoms with Gasteiger partial charge in [-0.1, -0.05) is 20.3 Å². The lowest BCUT2D eigenvalue weighted by molar-refractivity contribution is -0.153. The minimum Gasteiger partial charge on any atom is -0.462 e. The molecule has 0 saturated carbocycles. The van der Waals surface area contributed by atoms with E-state index in [4.69, 9.17) is 15.2 Å². The number of carbonyl (C=O) groups is 1. The number of H-pyrrole nitrogens is 1. The summed E-state index contributed by atoms with van der Waals surface area (Å²) in [6, 6.07) is -0.812. The van der Waals surface area contributed by atoms with Crippen molar-refractivity contribution in [3.63, 3.8) is 0 Å². The van der Waals surface area contributed by atoms with Gasteiger partial charge in [-0.05, 0) is 5.92 Å².